The summed E-state index contributed by atoms with van der Waals surface area (Å²) in [6, 6.07) is 7.20. The second kappa shape index (κ2) is 6.47. The fourth-order valence-corrected chi connectivity index (χ4v) is 3.46. The van der Waals surface area contributed by atoms with Crippen molar-refractivity contribution in [2.75, 3.05) is 31.1 Å². The third-order valence-corrected chi connectivity index (χ3v) is 4.94. The molecule has 0 atom stereocenters. The van der Waals surface area contributed by atoms with Gasteiger partial charge in [-0.2, -0.15) is 13.2 Å². The molecule has 128 valence electrons. The summed E-state index contributed by atoms with van der Waals surface area (Å²) >= 11 is 1.53. The van der Waals surface area contributed by atoms with Gasteiger partial charge in [0.1, 0.15) is 0 Å². The van der Waals surface area contributed by atoms with Gasteiger partial charge in [0.2, 0.25) is 0 Å². The van der Waals surface area contributed by atoms with E-state index in [-0.39, 0.29) is 5.91 Å². The van der Waals surface area contributed by atoms with Crippen LogP contribution in [0.15, 0.2) is 35.7 Å². The maximum atomic E-state index is 12.8. The third-order valence-electron chi connectivity index (χ3n) is 4.08. The van der Waals surface area contributed by atoms with Crippen LogP contribution in [0.4, 0.5) is 18.9 Å². The van der Waals surface area contributed by atoms with Crippen molar-refractivity contribution >= 4 is 22.9 Å². The van der Waals surface area contributed by atoms with Gasteiger partial charge in [-0.05, 0) is 31.2 Å². The van der Waals surface area contributed by atoms with E-state index in [2.05, 4.69) is 0 Å². The van der Waals surface area contributed by atoms with Crippen LogP contribution in [0.3, 0.4) is 0 Å². The molecule has 1 aromatic heterocycles. The number of hydrogen-bond acceptors (Lipinski definition) is 3. The first kappa shape index (κ1) is 16.8. The highest BCUT2D eigenvalue weighted by Gasteiger charge is 2.31. The zero-order valence-corrected chi connectivity index (χ0v) is 14.0. The summed E-state index contributed by atoms with van der Waals surface area (Å²) in [5, 5.41) is 1.84. The number of anilines is 1. The summed E-state index contributed by atoms with van der Waals surface area (Å²) in [6.45, 7) is 4.01. The number of carbonyl (C=O) groups excluding carboxylic acids is 1. The number of alkyl halides is 3. The molecule has 0 aliphatic carbocycles. The minimum absolute atomic E-state index is 0.0111. The molecule has 1 fully saturated rings. The van der Waals surface area contributed by atoms with Crippen LogP contribution in [0.1, 0.15) is 20.8 Å². The molecule has 1 amide bonds. The van der Waals surface area contributed by atoms with Crippen LogP contribution in [0.25, 0.3) is 0 Å². The summed E-state index contributed by atoms with van der Waals surface area (Å²) < 4.78 is 38.5. The molecule has 1 aliphatic rings. The Kier molecular flexibility index (Phi) is 4.54. The quantitative estimate of drug-likeness (QED) is 0.813. The second-order valence-electron chi connectivity index (χ2n) is 5.77. The van der Waals surface area contributed by atoms with Crippen molar-refractivity contribution < 1.29 is 18.0 Å². The van der Waals surface area contributed by atoms with Crippen molar-refractivity contribution in [3.05, 3.63) is 51.7 Å². The van der Waals surface area contributed by atoms with Crippen molar-refractivity contribution in [2.24, 2.45) is 0 Å². The topological polar surface area (TPSA) is 23.6 Å². The standard InChI is InChI=1S/C17H17F3N2OS/c1-12-9-13(11-24-12)16(23)22-7-5-21(6-8-22)15-4-2-3-14(10-15)17(18,19)20/h2-4,9-11H,5-8H2,1H3. The molecule has 0 unspecified atom stereocenters. The normalized spacial score (nSPS) is 15.7. The molecule has 7 heteroatoms. The van der Waals surface area contributed by atoms with Crippen LogP contribution in [0.2, 0.25) is 0 Å². The largest absolute Gasteiger partial charge is 0.416 e. The number of benzene rings is 1. The Morgan fingerprint density at radius 1 is 1.12 bits per heavy atom. The van der Waals surface area contributed by atoms with E-state index in [4.69, 9.17) is 0 Å². The number of rotatable bonds is 2. The smallest absolute Gasteiger partial charge is 0.368 e. The maximum absolute atomic E-state index is 12.8. The van der Waals surface area contributed by atoms with Crippen molar-refractivity contribution in [2.45, 2.75) is 13.1 Å². The summed E-state index contributed by atoms with van der Waals surface area (Å²) in [7, 11) is 0. The van der Waals surface area contributed by atoms with Crippen LogP contribution in [0.5, 0.6) is 0 Å². The highest BCUT2D eigenvalue weighted by molar-refractivity contribution is 7.10. The molecule has 2 aromatic rings. The van der Waals surface area contributed by atoms with E-state index in [1.54, 1.807) is 11.0 Å². The minimum Gasteiger partial charge on any atom is -0.368 e. The van der Waals surface area contributed by atoms with E-state index in [1.807, 2.05) is 23.3 Å². The first-order valence-corrected chi connectivity index (χ1v) is 8.49. The van der Waals surface area contributed by atoms with E-state index in [9.17, 15) is 18.0 Å². The van der Waals surface area contributed by atoms with Gasteiger partial charge in [0.25, 0.3) is 5.91 Å². The predicted molar refractivity (Wildman–Crippen MR) is 88.6 cm³/mol. The molecule has 1 aromatic carbocycles. The predicted octanol–water partition coefficient (Wildman–Crippen LogP) is 4.04. The monoisotopic (exact) mass is 354 g/mol. The summed E-state index contributed by atoms with van der Waals surface area (Å²) in [5.74, 6) is -0.0111. The van der Waals surface area contributed by atoms with Gasteiger partial charge in [0.15, 0.2) is 0 Å². The Morgan fingerprint density at radius 3 is 2.42 bits per heavy atom. The van der Waals surface area contributed by atoms with E-state index in [1.165, 1.54) is 23.5 Å². The number of aryl methyl sites for hydroxylation is 1. The van der Waals surface area contributed by atoms with E-state index < -0.39 is 11.7 Å². The Labute approximate surface area is 142 Å². The van der Waals surface area contributed by atoms with Crippen molar-refractivity contribution in [1.29, 1.82) is 0 Å². The molecule has 2 heterocycles. The third kappa shape index (κ3) is 3.56. The fourth-order valence-electron chi connectivity index (χ4n) is 2.78. The number of nitrogens with zero attached hydrogens (tertiary/aromatic N) is 2. The van der Waals surface area contributed by atoms with Gasteiger partial charge in [-0.15, -0.1) is 11.3 Å². The molecule has 1 aliphatic heterocycles. The number of hydrogen-bond donors (Lipinski definition) is 0. The molecule has 0 saturated carbocycles. The van der Waals surface area contributed by atoms with Gasteiger partial charge < -0.3 is 9.80 Å². The molecule has 0 N–H and O–H groups in total. The van der Waals surface area contributed by atoms with Crippen LogP contribution in [0, 0.1) is 6.92 Å². The fraction of sp³-hybridized carbons (Fsp3) is 0.353. The second-order valence-corrected chi connectivity index (χ2v) is 6.89. The highest BCUT2D eigenvalue weighted by atomic mass is 32.1. The van der Waals surface area contributed by atoms with Crippen molar-refractivity contribution in [3.8, 4) is 0 Å². The zero-order valence-electron chi connectivity index (χ0n) is 13.1. The number of thiophene rings is 1. The van der Waals surface area contributed by atoms with Crippen molar-refractivity contribution in [1.82, 2.24) is 4.90 Å². The minimum atomic E-state index is -4.34. The Balaban J connectivity index is 1.66. The molecule has 0 spiro atoms. The summed E-state index contributed by atoms with van der Waals surface area (Å²) in [4.78, 5) is 17.1. The van der Waals surface area contributed by atoms with Crippen LogP contribution < -0.4 is 4.90 Å². The lowest BCUT2D eigenvalue weighted by Crippen LogP contribution is -2.48. The van der Waals surface area contributed by atoms with Gasteiger partial charge in [-0.3, -0.25) is 4.79 Å². The molecular weight excluding hydrogens is 337 g/mol. The first-order valence-electron chi connectivity index (χ1n) is 7.61. The number of halogens is 3. The average molecular weight is 354 g/mol. The summed E-state index contributed by atoms with van der Waals surface area (Å²) in [5.41, 5.74) is 0.584. The van der Waals surface area contributed by atoms with Gasteiger partial charge in [-0.1, -0.05) is 6.07 Å². The molecular formula is C17H17F3N2OS. The van der Waals surface area contributed by atoms with Gasteiger partial charge in [0.05, 0.1) is 11.1 Å². The van der Waals surface area contributed by atoms with E-state index >= 15 is 0 Å². The maximum Gasteiger partial charge on any atom is 0.416 e. The van der Waals surface area contributed by atoms with Gasteiger partial charge in [-0.25, -0.2) is 0 Å². The lowest BCUT2D eigenvalue weighted by Gasteiger charge is -2.36. The first-order chi connectivity index (χ1) is 11.3. The SMILES string of the molecule is Cc1cc(C(=O)N2CCN(c3cccc(C(F)(F)F)c3)CC2)cs1. The Bertz CT molecular complexity index is 733. The number of carbonyl (C=O) groups is 1. The molecule has 24 heavy (non-hydrogen) atoms. The van der Waals surface area contributed by atoms with Gasteiger partial charge in [0, 0.05) is 42.1 Å². The van der Waals surface area contributed by atoms with Crippen LogP contribution in [-0.2, 0) is 6.18 Å². The lowest BCUT2D eigenvalue weighted by atomic mass is 10.1. The molecule has 1 saturated heterocycles. The lowest BCUT2D eigenvalue weighted by molar-refractivity contribution is -0.137. The summed E-state index contributed by atoms with van der Waals surface area (Å²) in [6.07, 6.45) is -4.34. The number of piperazine rings is 1. The molecule has 3 nitrogen and oxygen atoms in total. The van der Waals surface area contributed by atoms with Crippen LogP contribution >= 0.6 is 11.3 Å². The molecule has 0 radical (unpaired) electrons. The van der Waals surface area contributed by atoms with E-state index in [0.717, 1.165) is 10.9 Å². The number of amides is 1. The van der Waals surface area contributed by atoms with Gasteiger partial charge >= 0.3 is 6.18 Å². The Morgan fingerprint density at radius 2 is 1.83 bits per heavy atom. The van der Waals surface area contributed by atoms with Crippen molar-refractivity contribution in [3.63, 3.8) is 0 Å². The molecule has 0 bridgehead atoms. The van der Waals surface area contributed by atoms with E-state index in [0.29, 0.717) is 37.4 Å². The highest BCUT2D eigenvalue weighted by Crippen LogP contribution is 2.32. The molecule has 3 rings (SSSR count). The Hall–Kier alpha value is -2.02. The average Bonchev–Trinajstić information content (AvgIpc) is 3.00. The van der Waals surface area contributed by atoms with Crippen LogP contribution in [-0.4, -0.2) is 37.0 Å². The zero-order chi connectivity index (χ0) is 17.3.